The molecule has 5 heteroatoms. The molecule has 3 aromatic rings. The van der Waals surface area contributed by atoms with Crippen LogP contribution in [0.25, 0.3) is 16.7 Å². The number of hydrogen-bond donors (Lipinski definition) is 1. The summed E-state index contributed by atoms with van der Waals surface area (Å²) in [5.74, 6) is 0.955. The number of aryl methyl sites for hydroxylation is 1. The van der Waals surface area contributed by atoms with Gasteiger partial charge in [-0.25, -0.2) is 4.98 Å². The Hall–Kier alpha value is -2.58. The molecule has 0 bridgehead atoms. The van der Waals surface area contributed by atoms with Crippen molar-refractivity contribution < 1.29 is 4.74 Å². The maximum atomic E-state index is 9.44. The number of nitrogens with one attached hydrogen (secondary N) is 1. The molecule has 2 aromatic heterocycles. The standard InChI is InChI=1S/C17H18N4O/c1-12-10-16(19-8-5-9-22-2)21-15-7-4-3-6-14(15)20-17(21)13(12)11-18/h3-4,6-7,10,19H,5,8-9H2,1-2H3. The predicted molar refractivity (Wildman–Crippen MR) is 87.1 cm³/mol. The number of fused-ring (bicyclic) bond motifs is 3. The van der Waals surface area contributed by atoms with Gasteiger partial charge in [0, 0.05) is 20.3 Å². The van der Waals surface area contributed by atoms with Crippen LogP contribution in [0.5, 0.6) is 0 Å². The van der Waals surface area contributed by atoms with E-state index in [1.54, 1.807) is 7.11 Å². The number of methoxy groups -OCH3 is 1. The highest BCUT2D eigenvalue weighted by Crippen LogP contribution is 2.26. The maximum Gasteiger partial charge on any atom is 0.157 e. The number of benzene rings is 1. The smallest absolute Gasteiger partial charge is 0.157 e. The van der Waals surface area contributed by atoms with E-state index in [4.69, 9.17) is 4.74 Å². The number of ether oxygens (including phenoxy) is 1. The van der Waals surface area contributed by atoms with Crippen molar-refractivity contribution in [1.82, 2.24) is 9.38 Å². The van der Waals surface area contributed by atoms with Gasteiger partial charge < -0.3 is 10.1 Å². The molecule has 0 spiro atoms. The maximum absolute atomic E-state index is 9.44. The molecular formula is C17H18N4O. The van der Waals surface area contributed by atoms with Gasteiger partial charge in [-0.3, -0.25) is 4.40 Å². The Bertz CT molecular complexity index is 860. The fourth-order valence-corrected chi connectivity index (χ4v) is 2.66. The van der Waals surface area contributed by atoms with Gasteiger partial charge >= 0.3 is 0 Å². The summed E-state index contributed by atoms with van der Waals surface area (Å²) in [6.07, 6.45) is 0.920. The highest BCUT2D eigenvalue weighted by molar-refractivity contribution is 5.85. The molecule has 0 atom stereocenters. The van der Waals surface area contributed by atoms with Crippen molar-refractivity contribution in [3.63, 3.8) is 0 Å². The second-order valence-corrected chi connectivity index (χ2v) is 5.23. The highest BCUT2D eigenvalue weighted by Gasteiger charge is 2.14. The summed E-state index contributed by atoms with van der Waals surface area (Å²) in [5.41, 5.74) is 4.16. The zero-order valence-corrected chi connectivity index (χ0v) is 12.8. The summed E-state index contributed by atoms with van der Waals surface area (Å²) in [6, 6.07) is 12.2. The normalized spacial score (nSPS) is 11.0. The Kier molecular flexibility index (Phi) is 3.94. The van der Waals surface area contributed by atoms with Gasteiger partial charge in [0.1, 0.15) is 11.9 Å². The number of imidazole rings is 1. The Morgan fingerprint density at radius 2 is 2.18 bits per heavy atom. The summed E-state index contributed by atoms with van der Waals surface area (Å²) in [6.45, 7) is 3.47. The van der Waals surface area contributed by atoms with E-state index in [0.717, 1.165) is 42.0 Å². The molecule has 5 nitrogen and oxygen atoms in total. The minimum atomic E-state index is 0.624. The van der Waals surface area contributed by atoms with Crippen LogP contribution in [0.1, 0.15) is 17.5 Å². The van der Waals surface area contributed by atoms with Gasteiger partial charge in [0.05, 0.1) is 16.6 Å². The summed E-state index contributed by atoms with van der Waals surface area (Å²) < 4.78 is 7.10. The molecule has 1 N–H and O–H groups in total. The van der Waals surface area contributed by atoms with Gasteiger partial charge in [-0.1, -0.05) is 12.1 Å². The van der Waals surface area contributed by atoms with E-state index in [2.05, 4.69) is 16.4 Å². The van der Waals surface area contributed by atoms with Crippen LogP contribution in [0.2, 0.25) is 0 Å². The second-order valence-electron chi connectivity index (χ2n) is 5.23. The number of anilines is 1. The minimum absolute atomic E-state index is 0.624. The molecule has 2 heterocycles. The topological polar surface area (TPSA) is 62.3 Å². The first-order chi connectivity index (χ1) is 10.8. The molecule has 0 fully saturated rings. The van der Waals surface area contributed by atoms with Crippen LogP contribution in [0.15, 0.2) is 30.3 Å². The zero-order chi connectivity index (χ0) is 15.5. The largest absolute Gasteiger partial charge is 0.385 e. The highest BCUT2D eigenvalue weighted by atomic mass is 16.5. The van der Waals surface area contributed by atoms with Crippen molar-refractivity contribution in [2.24, 2.45) is 0 Å². The monoisotopic (exact) mass is 294 g/mol. The first-order valence-corrected chi connectivity index (χ1v) is 7.30. The molecule has 112 valence electrons. The summed E-state index contributed by atoms with van der Waals surface area (Å²) >= 11 is 0. The minimum Gasteiger partial charge on any atom is -0.385 e. The van der Waals surface area contributed by atoms with Crippen LogP contribution in [-0.4, -0.2) is 29.6 Å². The number of pyridine rings is 1. The third-order valence-corrected chi connectivity index (χ3v) is 3.72. The van der Waals surface area contributed by atoms with E-state index in [0.29, 0.717) is 11.2 Å². The van der Waals surface area contributed by atoms with Crippen molar-refractivity contribution in [2.45, 2.75) is 13.3 Å². The molecule has 22 heavy (non-hydrogen) atoms. The summed E-state index contributed by atoms with van der Waals surface area (Å²) in [4.78, 5) is 4.63. The van der Waals surface area contributed by atoms with Gasteiger partial charge in [0.15, 0.2) is 5.65 Å². The Labute approximate surface area is 129 Å². The van der Waals surface area contributed by atoms with E-state index in [9.17, 15) is 5.26 Å². The quantitative estimate of drug-likeness (QED) is 0.734. The number of nitriles is 1. The molecule has 0 unspecified atom stereocenters. The summed E-state index contributed by atoms with van der Waals surface area (Å²) in [5, 5.41) is 12.9. The number of para-hydroxylation sites is 2. The van der Waals surface area contributed by atoms with Crippen LogP contribution >= 0.6 is 0 Å². The van der Waals surface area contributed by atoms with Crippen molar-refractivity contribution in [1.29, 1.82) is 5.26 Å². The first kappa shape index (κ1) is 14.4. The van der Waals surface area contributed by atoms with Crippen LogP contribution < -0.4 is 5.32 Å². The molecule has 0 amide bonds. The van der Waals surface area contributed by atoms with Gasteiger partial charge in [-0.2, -0.15) is 5.26 Å². The molecule has 3 rings (SSSR count). The molecular weight excluding hydrogens is 276 g/mol. The van der Waals surface area contributed by atoms with Crippen LogP contribution in [-0.2, 0) is 4.74 Å². The Morgan fingerprint density at radius 1 is 1.36 bits per heavy atom. The lowest BCUT2D eigenvalue weighted by atomic mass is 10.1. The van der Waals surface area contributed by atoms with Gasteiger partial charge in [-0.05, 0) is 37.1 Å². The number of nitrogens with zero attached hydrogens (tertiary/aromatic N) is 3. The first-order valence-electron chi connectivity index (χ1n) is 7.30. The Morgan fingerprint density at radius 3 is 2.95 bits per heavy atom. The van der Waals surface area contributed by atoms with E-state index < -0.39 is 0 Å². The van der Waals surface area contributed by atoms with Crippen molar-refractivity contribution in [3.05, 3.63) is 41.5 Å². The molecule has 0 aliphatic heterocycles. The molecule has 0 saturated heterocycles. The average molecular weight is 294 g/mol. The zero-order valence-electron chi connectivity index (χ0n) is 12.8. The number of rotatable bonds is 5. The van der Waals surface area contributed by atoms with E-state index >= 15 is 0 Å². The van der Waals surface area contributed by atoms with Crippen LogP contribution in [0.4, 0.5) is 5.82 Å². The molecule has 1 aromatic carbocycles. The Balaban J connectivity index is 2.16. The molecule has 0 radical (unpaired) electrons. The SMILES string of the molecule is COCCCNc1cc(C)c(C#N)c2nc3ccccc3n12. The van der Waals surface area contributed by atoms with E-state index in [-0.39, 0.29) is 0 Å². The van der Waals surface area contributed by atoms with E-state index in [1.807, 2.05) is 41.7 Å². The third-order valence-electron chi connectivity index (χ3n) is 3.72. The van der Waals surface area contributed by atoms with Crippen molar-refractivity contribution in [2.75, 3.05) is 25.6 Å². The van der Waals surface area contributed by atoms with Crippen LogP contribution in [0, 0.1) is 18.3 Å². The van der Waals surface area contributed by atoms with Crippen molar-refractivity contribution >= 4 is 22.5 Å². The summed E-state index contributed by atoms with van der Waals surface area (Å²) in [7, 11) is 1.70. The molecule has 0 aliphatic carbocycles. The van der Waals surface area contributed by atoms with Gasteiger partial charge in [0.2, 0.25) is 0 Å². The fraction of sp³-hybridized carbons (Fsp3) is 0.294. The number of aromatic nitrogens is 2. The van der Waals surface area contributed by atoms with Crippen LogP contribution in [0.3, 0.4) is 0 Å². The molecule has 0 aliphatic rings. The average Bonchev–Trinajstić information content (AvgIpc) is 2.91. The third kappa shape index (κ3) is 2.38. The lowest BCUT2D eigenvalue weighted by molar-refractivity contribution is 0.197. The van der Waals surface area contributed by atoms with Gasteiger partial charge in [0.25, 0.3) is 0 Å². The van der Waals surface area contributed by atoms with E-state index in [1.165, 1.54) is 0 Å². The lowest BCUT2D eigenvalue weighted by Gasteiger charge is -2.12. The lowest BCUT2D eigenvalue weighted by Crippen LogP contribution is -2.09. The van der Waals surface area contributed by atoms with Crippen molar-refractivity contribution in [3.8, 4) is 6.07 Å². The number of hydrogen-bond acceptors (Lipinski definition) is 4. The second kappa shape index (κ2) is 6.04. The predicted octanol–water partition coefficient (Wildman–Crippen LogP) is 3.12. The van der Waals surface area contributed by atoms with Gasteiger partial charge in [-0.15, -0.1) is 0 Å². The fourth-order valence-electron chi connectivity index (χ4n) is 2.66. The molecule has 0 saturated carbocycles.